The van der Waals surface area contributed by atoms with Crippen LogP contribution in [0.3, 0.4) is 0 Å². The van der Waals surface area contributed by atoms with Gasteiger partial charge in [0.15, 0.2) is 0 Å². The van der Waals surface area contributed by atoms with Crippen molar-refractivity contribution in [1.29, 1.82) is 0 Å². The highest BCUT2D eigenvalue weighted by molar-refractivity contribution is 5.99. The fraction of sp³-hybridized carbons (Fsp3) is 0.467. The molecule has 0 spiro atoms. The van der Waals surface area contributed by atoms with E-state index < -0.39 is 0 Å². The number of benzene rings is 2. The Kier molecular flexibility index (Phi) is 8.00. The maximum absolute atomic E-state index is 13.1. The molecule has 5 rings (SSSR count). The van der Waals surface area contributed by atoms with Crippen LogP contribution in [0.15, 0.2) is 42.5 Å². The first-order valence-electron chi connectivity index (χ1n) is 13.7. The molecule has 2 aliphatic heterocycles. The molecule has 3 aromatic rings. The highest BCUT2D eigenvalue weighted by Crippen LogP contribution is 2.23. The molecule has 1 aromatic heterocycles. The van der Waals surface area contributed by atoms with Crippen molar-refractivity contribution in [3.8, 4) is 5.75 Å². The maximum atomic E-state index is 13.1. The smallest absolute Gasteiger partial charge is 0.253 e. The van der Waals surface area contributed by atoms with Gasteiger partial charge in [-0.1, -0.05) is 12.1 Å². The number of rotatable bonds is 9. The van der Waals surface area contributed by atoms with Gasteiger partial charge in [0.2, 0.25) is 5.91 Å². The van der Waals surface area contributed by atoms with Gasteiger partial charge in [0.25, 0.3) is 5.91 Å². The third-order valence-corrected chi connectivity index (χ3v) is 7.86. The van der Waals surface area contributed by atoms with Crippen molar-refractivity contribution >= 4 is 22.7 Å². The van der Waals surface area contributed by atoms with Crippen LogP contribution in [-0.4, -0.2) is 90.5 Å². The van der Waals surface area contributed by atoms with E-state index in [4.69, 9.17) is 4.74 Å². The lowest BCUT2D eigenvalue weighted by Crippen LogP contribution is -2.49. The number of fused-ring (bicyclic) bond motifs is 1. The Bertz CT molecular complexity index is 1290. The van der Waals surface area contributed by atoms with E-state index in [1.54, 1.807) is 0 Å². The number of hydrogen-bond donors (Lipinski definition) is 2. The summed E-state index contributed by atoms with van der Waals surface area (Å²) < 4.78 is 6.08. The third-order valence-electron chi connectivity index (χ3n) is 7.86. The SMILES string of the molecule is Cc1[nH]c2ccc(C(=O)N3CCN(CCOc4cccc(CN(C)C[C@@H]5CCC(=O)N5)c4)CC3)cc2c1C. The van der Waals surface area contributed by atoms with E-state index in [-0.39, 0.29) is 17.9 Å². The third kappa shape index (κ3) is 6.19. The lowest BCUT2D eigenvalue weighted by Gasteiger charge is -2.34. The molecule has 2 N–H and O–H groups in total. The average Bonchev–Trinajstić information content (AvgIpc) is 3.45. The number of aromatic amines is 1. The highest BCUT2D eigenvalue weighted by Gasteiger charge is 2.23. The molecule has 2 fully saturated rings. The summed E-state index contributed by atoms with van der Waals surface area (Å²) in [4.78, 5) is 34.5. The molecule has 0 unspecified atom stereocenters. The normalized spacial score (nSPS) is 18.4. The number of likely N-dealkylation sites (N-methyl/N-ethyl adjacent to an activating group) is 1. The maximum Gasteiger partial charge on any atom is 0.253 e. The van der Waals surface area contributed by atoms with Gasteiger partial charge in [-0.05, 0) is 68.8 Å². The Hall–Kier alpha value is -3.36. The van der Waals surface area contributed by atoms with Gasteiger partial charge in [0.1, 0.15) is 12.4 Å². The number of nitrogens with one attached hydrogen (secondary N) is 2. The number of piperazine rings is 1. The van der Waals surface area contributed by atoms with Gasteiger partial charge in [-0.3, -0.25) is 14.5 Å². The van der Waals surface area contributed by atoms with Crippen LogP contribution < -0.4 is 10.1 Å². The zero-order valence-corrected chi connectivity index (χ0v) is 22.8. The number of hydrogen-bond acceptors (Lipinski definition) is 5. The van der Waals surface area contributed by atoms with Crippen molar-refractivity contribution in [3.05, 3.63) is 64.8 Å². The van der Waals surface area contributed by atoms with E-state index in [0.29, 0.717) is 13.0 Å². The number of H-pyrrole nitrogens is 1. The Morgan fingerprint density at radius 2 is 1.92 bits per heavy atom. The molecule has 1 atom stereocenters. The molecule has 3 heterocycles. The second kappa shape index (κ2) is 11.6. The van der Waals surface area contributed by atoms with Gasteiger partial charge in [-0.15, -0.1) is 0 Å². The monoisotopic (exact) mass is 517 g/mol. The molecule has 0 aliphatic carbocycles. The quantitative estimate of drug-likeness (QED) is 0.455. The standard InChI is InChI=1S/C30H39N5O3/c1-21-22(2)31-28-9-7-24(18-27(21)28)30(37)35-13-11-34(12-14-35)15-16-38-26-6-4-5-23(17-26)19-33(3)20-25-8-10-29(36)32-25/h4-7,9,17-18,25,31H,8,10-16,19-20H2,1-3H3,(H,32,36)/t25-/m0/s1. The van der Waals surface area contributed by atoms with E-state index in [1.807, 2.05) is 35.2 Å². The topological polar surface area (TPSA) is 80.9 Å². The minimum Gasteiger partial charge on any atom is -0.492 e. The fourth-order valence-corrected chi connectivity index (χ4v) is 5.54. The first-order chi connectivity index (χ1) is 18.4. The fourth-order valence-electron chi connectivity index (χ4n) is 5.54. The molecule has 2 amide bonds. The van der Waals surface area contributed by atoms with Gasteiger partial charge in [-0.25, -0.2) is 0 Å². The molecule has 8 heteroatoms. The average molecular weight is 518 g/mol. The van der Waals surface area contributed by atoms with Gasteiger partial charge >= 0.3 is 0 Å². The van der Waals surface area contributed by atoms with Gasteiger partial charge in [0, 0.05) is 80.4 Å². The summed E-state index contributed by atoms with van der Waals surface area (Å²) in [5.41, 5.74) is 5.39. The minimum atomic E-state index is 0.109. The number of amides is 2. The predicted molar refractivity (Wildman–Crippen MR) is 150 cm³/mol. The second-order valence-electron chi connectivity index (χ2n) is 10.8. The summed E-state index contributed by atoms with van der Waals surface area (Å²) in [6, 6.07) is 14.5. The van der Waals surface area contributed by atoms with Crippen LogP contribution in [0.5, 0.6) is 5.75 Å². The van der Waals surface area contributed by atoms with Crippen LogP contribution in [0, 0.1) is 13.8 Å². The van der Waals surface area contributed by atoms with E-state index in [2.05, 4.69) is 53.1 Å². The number of carbonyl (C=O) groups is 2. The van der Waals surface area contributed by atoms with Crippen molar-refractivity contribution in [2.45, 2.75) is 39.3 Å². The van der Waals surface area contributed by atoms with Crippen LogP contribution in [0.2, 0.25) is 0 Å². The molecular weight excluding hydrogens is 478 g/mol. The Labute approximate surface area is 224 Å². The highest BCUT2D eigenvalue weighted by atomic mass is 16.5. The molecule has 0 radical (unpaired) electrons. The van der Waals surface area contributed by atoms with Crippen molar-refractivity contribution < 1.29 is 14.3 Å². The van der Waals surface area contributed by atoms with Crippen molar-refractivity contribution in [3.63, 3.8) is 0 Å². The van der Waals surface area contributed by atoms with E-state index in [0.717, 1.165) is 80.1 Å². The number of aromatic nitrogens is 1. The van der Waals surface area contributed by atoms with Crippen LogP contribution >= 0.6 is 0 Å². The summed E-state index contributed by atoms with van der Waals surface area (Å²) in [5.74, 6) is 1.15. The molecule has 0 saturated carbocycles. The molecular formula is C30H39N5O3. The van der Waals surface area contributed by atoms with Crippen molar-refractivity contribution in [2.24, 2.45) is 0 Å². The Balaban J connectivity index is 1.05. The molecule has 2 aromatic carbocycles. The number of ether oxygens (including phenoxy) is 1. The van der Waals surface area contributed by atoms with Crippen LogP contribution in [0.25, 0.3) is 10.9 Å². The van der Waals surface area contributed by atoms with Crippen molar-refractivity contribution in [1.82, 2.24) is 25.0 Å². The first-order valence-corrected chi connectivity index (χ1v) is 13.7. The predicted octanol–water partition coefficient (Wildman–Crippen LogP) is 3.33. The Morgan fingerprint density at radius 3 is 2.68 bits per heavy atom. The lowest BCUT2D eigenvalue weighted by molar-refractivity contribution is -0.119. The lowest BCUT2D eigenvalue weighted by atomic mass is 10.1. The molecule has 2 aliphatic rings. The number of aryl methyl sites for hydroxylation is 2. The van der Waals surface area contributed by atoms with Crippen molar-refractivity contribution in [2.75, 3.05) is 52.9 Å². The summed E-state index contributed by atoms with van der Waals surface area (Å²) >= 11 is 0. The second-order valence-corrected chi connectivity index (χ2v) is 10.8. The summed E-state index contributed by atoms with van der Waals surface area (Å²) in [5, 5.41) is 4.16. The zero-order valence-electron chi connectivity index (χ0n) is 22.8. The summed E-state index contributed by atoms with van der Waals surface area (Å²) in [7, 11) is 2.09. The Morgan fingerprint density at radius 1 is 1.11 bits per heavy atom. The molecule has 2 saturated heterocycles. The summed E-state index contributed by atoms with van der Waals surface area (Å²) in [6.07, 6.45) is 1.55. The number of nitrogens with zero attached hydrogens (tertiary/aromatic N) is 3. The van der Waals surface area contributed by atoms with Gasteiger partial charge in [-0.2, -0.15) is 0 Å². The minimum absolute atomic E-state index is 0.109. The van der Waals surface area contributed by atoms with Crippen LogP contribution in [0.1, 0.15) is 40.0 Å². The van der Waals surface area contributed by atoms with Crippen LogP contribution in [-0.2, 0) is 11.3 Å². The van der Waals surface area contributed by atoms with Gasteiger partial charge < -0.3 is 24.8 Å². The molecule has 8 nitrogen and oxygen atoms in total. The zero-order chi connectivity index (χ0) is 26.6. The largest absolute Gasteiger partial charge is 0.492 e. The van der Waals surface area contributed by atoms with E-state index in [1.165, 1.54) is 11.1 Å². The molecule has 0 bridgehead atoms. The summed E-state index contributed by atoms with van der Waals surface area (Å²) in [6.45, 7) is 10.4. The number of carbonyl (C=O) groups excluding carboxylic acids is 2. The van der Waals surface area contributed by atoms with E-state index in [9.17, 15) is 9.59 Å². The van der Waals surface area contributed by atoms with Gasteiger partial charge in [0.05, 0.1) is 0 Å². The molecule has 38 heavy (non-hydrogen) atoms. The first kappa shape index (κ1) is 26.3. The molecule has 202 valence electrons. The van der Waals surface area contributed by atoms with E-state index >= 15 is 0 Å². The van der Waals surface area contributed by atoms with Crippen LogP contribution in [0.4, 0.5) is 0 Å².